The Hall–Kier alpha value is -2.61. The molecule has 0 bridgehead atoms. The van der Waals surface area contributed by atoms with Crippen LogP contribution >= 0.6 is 0 Å². The number of fused-ring (bicyclic) bond motifs is 1. The Morgan fingerprint density at radius 1 is 0.903 bits per heavy atom. The number of piperazine rings is 1. The fraction of sp³-hybridized carbons (Fsp3) is 0.478. The molecule has 0 atom stereocenters. The first kappa shape index (κ1) is 20.3. The minimum absolute atomic E-state index is 0.363. The molecule has 3 heterocycles. The molecule has 1 aromatic carbocycles. The lowest BCUT2D eigenvalue weighted by molar-refractivity contribution is 0.337. The molecule has 5 rings (SSSR count). The van der Waals surface area contributed by atoms with Crippen LogP contribution in [0.1, 0.15) is 38.1 Å². The van der Waals surface area contributed by atoms with Gasteiger partial charge in [-0.2, -0.15) is 5.10 Å². The van der Waals surface area contributed by atoms with Gasteiger partial charge in [0, 0.05) is 49.7 Å². The second kappa shape index (κ2) is 8.15. The molecule has 2 aliphatic rings. The van der Waals surface area contributed by atoms with Gasteiger partial charge in [-0.05, 0) is 43.2 Å². The van der Waals surface area contributed by atoms with Gasteiger partial charge in [0.05, 0.1) is 17.1 Å². The Morgan fingerprint density at radius 3 is 2.26 bits per heavy atom. The maximum absolute atomic E-state index is 11.7. The molecule has 0 unspecified atom stereocenters. The number of aromatic nitrogens is 3. The van der Waals surface area contributed by atoms with Crippen molar-refractivity contribution in [1.29, 1.82) is 0 Å². The maximum atomic E-state index is 11.7. The first-order valence-corrected chi connectivity index (χ1v) is 13.0. The molecule has 1 aliphatic heterocycles. The van der Waals surface area contributed by atoms with Crippen molar-refractivity contribution in [3.05, 3.63) is 42.7 Å². The summed E-state index contributed by atoms with van der Waals surface area (Å²) in [5.41, 5.74) is 2.23. The standard InChI is InChI=1S/C23H29N5O2S/c1-31(29,30)21-9-7-19(8-10-21)26-13-15-27(16-14-26)23-22-18(11-12-24-23)17-25-28(22)20-5-3-2-4-6-20/h7-12,17,20H,2-6,13-16H2,1H3. The van der Waals surface area contributed by atoms with Crippen LogP contribution in [0.25, 0.3) is 10.9 Å². The summed E-state index contributed by atoms with van der Waals surface area (Å²) in [6.45, 7) is 3.48. The summed E-state index contributed by atoms with van der Waals surface area (Å²) in [6, 6.07) is 9.74. The zero-order chi connectivity index (χ0) is 21.4. The smallest absolute Gasteiger partial charge is 0.175 e. The van der Waals surface area contributed by atoms with Crippen molar-refractivity contribution in [2.45, 2.75) is 43.0 Å². The van der Waals surface area contributed by atoms with E-state index in [1.165, 1.54) is 43.9 Å². The molecule has 0 radical (unpaired) electrons. The Labute approximate surface area is 183 Å². The van der Waals surface area contributed by atoms with Crippen LogP contribution in [0.2, 0.25) is 0 Å². The van der Waals surface area contributed by atoms with Gasteiger partial charge in [-0.25, -0.2) is 13.4 Å². The van der Waals surface area contributed by atoms with E-state index < -0.39 is 9.84 Å². The lowest BCUT2D eigenvalue weighted by atomic mass is 9.95. The highest BCUT2D eigenvalue weighted by atomic mass is 32.2. The van der Waals surface area contributed by atoms with E-state index in [-0.39, 0.29) is 0 Å². The SMILES string of the molecule is CS(=O)(=O)c1ccc(N2CCN(c3nccc4cnn(C5CCCCC5)c34)CC2)cc1. The van der Waals surface area contributed by atoms with E-state index in [1.807, 2.05) is 24.5 Å². The molecule has 7 nitrogen and oxygen atoms in total. The predicted octanol–water partition coefficient (Wildman–Crippen LogP) is 3.67. The number of anilines is 2. The number of hydrogen-bond acceptors (Lipinski definition) is 6. The van der Waals surface area contributed by atoms with E-state index in [0.717, 1.165) is 43.1 Å². The summed E-state index contributed by atoms with van der Waals surface area (Å²) in [6.07, 6.45) is 11.4. The van der Waals surface area contributed by atoms with Gasteiger partial charge in [0.2, 0.25) is 0 Å². The molecule has 0 N–H and O–H groups in total. The first-order chi connectivity index (χ1) is 15.0. The van der Waals surface area contributed by atoms with Crippen molar-refractivity contribution in [3.63, 3.8) is 0 Å². The number of sulfone groups is 1. The van der Waals surface area contributed by atoms with Crippen LogP contribution in [0, 0.1) is 0 Å². The van der Waals surface area contributed by atoms with Crippen molar-refractivity contribution >= 4 is 32.2 Å². The highest BCUT2D eigenvalue weighted by Crippen LogP contribution is 2.34. The zero-order valence-corrected chi connectivity index (χ0v) is 18.8. The fourth-order valence-corrected chi connectivity index (χ4v) is 5.52. The summed E-state index contributed by atoms with van der Waals surface area (Å²) in [4.78, 5) is 9.81. The van der Waals surface area contributed by atoms with Gasteiger partial charge in [0.15, 0.2) is 15.7 Å². The Bertz CT molecular complexity index is 1160. The van der Waals surface area contributed by atoms with E-state index in [1.54, 1.807) is 12.1 Å². The molecule has 8 heteroatoms. The number of benzene rings is 1. The first-order valence-electron chi connectivity index (χ1n) is 11.1. The third-order valence-electron chi connectivity index (χ3n) is 6.62. The van der Waals surface area contributed by atoms with Gasteiger partial charge in [0.25, 0.3) is 0 Å². The van der Waals surface area contributed by atoms with Gasteiger partial charge in [-0.3, -0.25) is 4.68 Å². The third-order valence-corrected chi connectivity index (χ3v) is 7.74. The van der Waals surface area contributed by atoms with Gasteiger partial charge >= 0.3 is 0 Å². The Balaban J connectivity index is 1.35. The van der Waals surface area contributed by atoms with E-state index in [2.05, 4.69) is 20.5 Å². The van der Waals surface area contributed by atoms with Crippen molar-refractivity contribution in [2.75, 3.05) is 42.2 Å². The summed E-state index contributed by atoms with van der Waals surface area (Å²) < 4.78 is 25.7. The lowest BCUT2D eigenvalue weighted by Gasteiger charge is -2.37. The molecule has 2 aromatic heterocycles. The molecular weight excluding hydrogens is 410 g/mol. The van der Waals surface area contributed by atoms with Crippen molar-refractivity contribution in [3.8, 4) is 0 Å². The molecule has 0 spiro atoms. The van der Waals surface area contributed by atoms with Crippen LogP contribution in [-0.2, 0) is 9.84 Å². The van der Waals surface area contributed by atoms with Crippen LogP contribution in [-0.4, -0.2) is 55.6 Å². The van der Waals surface area contributed by atoms with Crippen molar-refractivity contribution < 1.29 is 8.42 Å². The number of rotatable bonds is 4. The highest BCUT2D eigenvalue weighted by molar-refractivity contribution is 7.90. The molecular formula is C23H29N5O2S. The van der Waals surface area contributed by atoms with E-state index in [9.17, 15) is 8.42 Å². The average Bonchev–Trinajstić information content (AvgIpc) is 3.24. The number of nitrogens with zero attached hydrogens (tertiary/aromatic N) is 5. The quantitative estimate of drug-likeness (QED) is 0.618. The van der Waals surface area contributed by atoms with Crippen LogP contribution < -0.4 is 9.80 Å². The monoisotopic (exact) mass is 439 g/mol. The van der Waals surface area contributed by atoms with Crippen LogP contribution in [0.15, 0.2) is 47.6 Å². The summed E-state index contributed by atoms with van der Waals surface area (Å²) >= 11 is 0. The van der Waals surface area contributed by atoms with Gasteiger partial charge in [-0.15, -0.1) is 0 Å². The molecule has 31 heavy (non-hydrogen) atoms. The van der Waals surface area contributed by atoms with E-state index in [0.29, 0.717) is 10.9 Å². The predicted molar refractivity (Wildman–Crippen MR) is 124 cm³/mol. The minimum Gasteiger partial charge on any atom is -0.368 e. The molecule has 2 fully saturated rings. The lowest BCUT2D eigenvalue weighted by Crippen LogP contribution is -2.47. The largest absolute Gasteiger partial charge is 0.368 e. The molecule has 0 amide bonds. The molecule has 1 saturated carbocycles. The minimum atomic E-state index is -3.17. The van der Waals surface area contributed by atoms with Crippen LogP contribution in [0.5, 0.6) is 0 Å². The summed E-state index contributed by atoms with van der Waals surface area (Å²) in [5, 5.41) is 5.92. The molecule has 3 aromatic rings. The zero-order valence-electron chi connectivity index (χ0n) is 17.9. The van der Waals surface area contributed by atoms with Gasteiger partial charge < -0.3 is 9.80 Å². The van der Waals surface area contributed by atoms with E-state index in [4.69, 9.17) is 10.1 Å². The van der Waals surface area contributed by atoms with Gasteiger partial charge in [0.1, 0.15) is 5.52 Å². The Kier molecular flexibility index (Phi) is 5.33. The second-order valence-corrected chi connectivity index (χ2v) is 10.7. The summed E-state index contributed by atoms with van der Waals surface area (Å²) in [5.74, 6) is 1.03. The van der Waals surface area contributed by atoms with Crippen LogP contribution in [0.3, 0.4) is 0 Å². The van der Waals surface area contributed by atoms with Crippen molar-refractivity contribution in [1.82, 2.24) is 14.8 Å². The highest BCUT2D eigenvalue weighted by Gasteiger charge is 2.25. The molecule has 1 aliphatic carbocycles. The third kappa shape index (κ3) is 4.01. The van der Waals surface area contributed by atoms with Gasteiger partial charge in [-0.1, -0.05) is 19.3 Å². The molecule has 164 valence electrons. The maximum Gasteiger partial charge on any atom is 0.175 e. The van der Waals surface area contributed by atoms with Crippen molar-refractivity contribution in [2.24, 2.45) is 0 Å². The Morgan fingerprint density at radius 2 is 1.58 bits per heavy atom. The van der Waals surface area contributed by atoms with E-state index >= 15 is 0 Å². The second-order valence-electron chi connectivity index (χ2n) is 8.69. The topological polar surface area (TPSA) is 71.3 Å². The molecule has 1 saturated heterocycles. The normalized spacial score (nSPS) is 18.6. The number of hydrogen-bond donors (Lipinski definition) is 0. The average molecular weight is 440 g/mol. The summed E-state index contributed by atoms with van der Waals surface area (Å²) in [7, 11) is -3.17. The van der Waals surface area contributed by atoms with Crippen LogP contribution in [0.4, 0.5) is 11.5 Å². The fourth-order valence-electron chi connectivity index (χ4n) is 4.89. The number of pyridine rings is 1.